The van der Waals surface area contributed by atoms with Crippen molar-refractivity contribution in [3.63, 3.8) is 0 Å². The summed E-state index contributed by atoms with van der Waals surface area (Å²) in [6.45, 7) is 2.92. The maximum absolute atomic E-state index is 6.31. The summed E-state index contributed by atoms with van der Waals surface area (Å²) < 4.78 is 12.9. The molecule has 2 aliphatic rings. The molecule has 1 aliphatic carbocycles. The number of anilines is 1. The molecule has 1 saturated heterocycles. The van der Waals surface area contributed by atoms with Crippen LogP contribution in [0, 0.1) is 0 Å². The molecule has 0 spiro atoms. The molecule has 2 fully saturated rings. The van der Waals surface area contributed by atoms with Gasteiger partial charge in [-0.25, -0.2) is 0 Å². The van der Waals surface area contributed by atoms with Crippen molar-refractivity contribution < 1.29 is 9.15 Å². The second kappa shape index (κ2) is 8.10. The third kappa shape index (κ3) is 3.50. The van der Waals surface area contributed by atoms with Gasteiger partial charge in [0, 0.05) is 0 Å². The quantitative estimate of drug-likeness (QED) is 0.327. The van der Waals surface area contributed by atoms with Gasteiger partial charge in [0.2, 0.25) is 0 Å². The maximum atomic E-state index is 6.31. The molecule has 7 rings (SSSR count). The van der Waals surface area contributed by atoms with Crippen LogP contribution in [0.1, 0.15) is 18.4 Å². The van der Waals surface area contributed by atoms with Gasteiger partial charge in [-0.05, 0) is 0 Å². The summed E-state index contributed by atoms with van der Waals surface area (Å²) in [6, 6.07) is 10.6. The van der Waals surface area contributed by atoms with E-state index in [1.54, 1.807) is 0 Å². The molecule has 1 saturated carbocycles. The van der Waals surface area contributed by atoms with Gasteiger partial charge in [-0.2, -0.15) is 0 Å². The Balaban J connectivity index is 1.43. The van der Waals surface area contributed by atoms with Crippen molar-refractivity contribution in [2.75, 3.05) is 31.2 Å². The Morgan fingerprint density at radius 1 is 1.12 bits per heavy atom. The van der Waals surface area contributed by atoms with Gasteiger partial charge >= 0.3 is 202 Å². The minimum atomic E-state index is -0.828. The number of morpholine rings is 1. The zero-order valence-corrected chi connectivity index (χ0v) is 21.0. The third-order valence-corrected chi connectivity index (χ3v) is 12.5. The summed E-state index contributed by atoms with van der Waals surface area (Å²) in [5.74, 6) is 1.55. The summed E-state index contributed by atoms with van der Waals surface area (Å²) in [7, 11) is 0. The second-order valence-electron chi connectivity index (χ2n) is 9.34. The first-order valence-corrected chi connectivity index (χ1v) is 16.2. The van der Waals surface area contributed by atoms with Crippen molar-refractivity contribution in [2.45, 2.75) is 28.5 Å². The fraction of sp³-hybridized carbons (Fsp3) is 0.346. The van der Waals surface area contributed by atoms with E-state index >= 15 is 0 Å². The van der Waals surface area contributed by atoms with Gasteiger partial charge < -0.3 is 0 Å². The molecular weight excluding hydrogens is 489 g/mol. The molecular formula is C26H26AsN5O2. The Hall–Kier alpha value is -2.89. The second-order valence-corrected chi connectivity index (χ2v) is 14.7. The number of aromatic amines is 1. The van der Waals surface area contributed by atoms with Gasteiger partial charge in [0.15, 0.2) is 0 Å². The number of aromatic nitrogens is 4. The molecule has 34 heavy (non-hydrogen) atoms. The number of hydrogen-bond acceptors (Lipinski definition) is 6. The molecule has 1 unspecified atom stereocenters. The monoisotopic (exact) mass is 515 g/mol. The van der Waals surface area contributed by atoms with Crippen LogP contribution in [-0.2, 0) is 9.95 Å². The number of hydrogen-bond donors (Lipinski definition) is 1. The van der Waals surface area contributed by atoms with E-state index in [9.17, 15) is 0 Å². The zero-order valence-electron chi connectivity index (χ0n) is 19.1. The van der Waals surface area contributed by atoms with E-state index < -0.39 is 14.7 Å². The molecule has 5 heterocycles. The molecule has 1 aromatic carbocycles. The number of rotatable bonds is 5. The summed E-state index contributed by atoms with van der Waals surface area (Å²) in [5, 5.41) is 3.29. The average Bonchev–Trinajstić information content (AvgIpc) is 3.51. The summed E-state index contributed by atoms with van der Waals surface area (Å²) in [5.41, 5.74) is 8.12. The van der Waals surface area contributed by atoms with E-state index in [-0.39, 0.29) is 0 Å². The number of H-pyrrole nitrogens is 1. The van der Waals surface area contributed by atoms with Crippen molar-refractivity contribution in [1.82, 2.24) is 19.9 Å². The number of benzene rings is 1. The number of furan rings is 1. The van der Waals surface area contributed by atoms with E-state index in [0.717, 1.165) is 56.6 Å². The zero-order chi connectivity index (χ0) is 22.6. The third-order valence-electron chi connectivity index (χ3n) is 6.96. The fourth-order valence-electron chi connectivity index (χ4n) is 4.97. The molecule has 1 N–H and O–H groups in total. The molecule has 172 valence electrons. The molecule has 7 nitrogen and oxygen atoms in total. The van der Waals surface area contributed by atoms with Gasteiger partial charge in [0.1, 0.15) is 0 Å². The predicted molar refractivity (Wildman–Crippen MR) is 136 cm³/mol. The normalized spacial score (nSPS) is 17.7. The molecule has 5 aromatic rings. The van der Waals surface area contributed by atoms with E-state index in [4.69, 9.17) is 24.1 Å². The van der Waals surface area contributed by atoms with Crippen LogP contribution in [0.15, 0.2) is 47.1 Å². The SMILES string of the molecule is C[As](Cc1cnc2oc3c(N4CCOCC4)nc(-c4cccc5[nH]ccc45)nc3c2c1)C1CC1. The van der Waals surface area contributed by atoms with Crippen molar-refractivity contribution in [3.05, 3.63) is 48.3 Å². The molecule has 1 aliphatic heterocycles. The number of ether oxygens (including phenoxy) is 1. The Morgan fingerprint density at radius 3 is 2.85 bits per heavy atom. The van der Waals surface area contributed by atoms with Crippen LogP contribution in [0.3, 0.4) is 0 Å². The van der Waals surface area contributed by atoms with Crippen LogP contribution in [0.5, 0.6) is 0 Å². The van der Waals surface area contributed by atoms with Gasteiger partial charge in [0.25, 0.3) is 0 Å². The molecule has 0 radical (unpaired) electrons. The number of nitrogens with one attached hydrogen (secondary N) is 1. The van der Waals surface area contributed by atoms with Gasteiger partial charge in [-0.15, -0.1) is 0 Å². The van der Waals surface area contributed by atoms with Crippen molar-refractivity contribution in [1.29, 1.82) is 0 Å². The number of nitrogens with zero attached hydrogens (tertiary/aromatic N) is 4. The Labute approximate surface area is 201 Å². The van der Waals surface area contributed by atoms with Crippen molar-refractivity contribution >= 4 is 53.6 Å². The van der Waals surface area contributed by atoms with Crippen LogP contribution < -0.4 is 4.90 Å². The van der Waals surface area contributed by atoms with Crippen LogP contribution in [-0.4, -0.2) is 60.9 Å². The van der Waals surface area contributed by atoms with Gasteiger partial charge in [-0.3, -0.25) is 0 Å². The number of fused-ring (bicyclic) bond motifs is 4. The summed E-state index contributed by atoms with van der Waals surface area (Å²) >= 11 is -0.828. The van der Waals surface area contributed by atoms with E-state index in [1.165, 1.54) is 23.6 Å². The van der Waals surface area contributed by atoms with Gasteiger partial charge in [0.05, 0.1) is 0 Å². The standard InChI is InChI=1S/C26H26AsN5O2/c1-27(17-5-6-17)14-16-13-20-22-23(34-26(20)29-15-16)25(32-9-11-33-12-10-32)31-24(30-22)19-3-2-4-21-18(19)7-8-28-21/h2-4,7-8,13,15,17,28H,5-6,9-12,14H2,1H3. The number of pyridine rings is 1. The first-order chi connectivity index (χ1) is 16.7. The minimum absolute atomic E-state index is 0.640. The fourth-order valence-corrected chi connectivity index (χ4v) is 9.24. The molecule has 4 aromatic heterocycles. The van der Waals surface area contributed by atoms with E-state index in [1.807, 2.05) is 18.5 Å². The van der Waals surface area contributed by atoms with Crippen molar-refractivity contribution in [2.24, 2.45) is 0 Å². The Bertz CT molecular complexity index is 1520. The van der Waals surface area contributed by atoms with Crippen LogP contribution in [0.4, 0.5) is 5.82 Å². The topological polar surface area (TPSA) is 80.1 Å². The predicted octanol–water partition coefficient (Wildman–Crippen LogP) is 5.13. The molecule has 0 bridgehead atoms. The average molecular weight is 515 g/mol. The van der Waals surface area contributed by atoms with E-state index in [0.29, 0.717) is 24.8 Å². The summed E-state index contributed by atoms with van der Waals surface area (Å²) in [4.78, 5) is 20.4. The Kier molecular flexibility index (Phi) is 4.88. The van der Waals surface area contributed by atoms with E-state index in [2.05, 4.69) is 39.9 Å². The molecule has 1 atom stereocenters. The first kappa shape index (κ1) is 20.5. The summed E-state index contributed by atoms with van der Waals surface area (Å²) in [6.07, 6.45) is 6.81. The van der Waals surface area contributed by atoms with Gasteiger partial charge in [-0.1, -0.05) is 0 Å². The Morgan fingerprint density at radius 2 is 2.00 bits per heavy atom. The van der Waals surface area contributed by atoms with Crippen molar-refractivity contribution in [3.8, 4) is 11.4 Å². The molecule has 0 amide bonds. The first-order valence-electron chi connectivity index (χ1n) is 11.9. The van der Waals surface area contributed by atoms with Crippen LogP contribution in [0.25, 0.3) is 44.5 Å². The molecule has 8 heteroatoms. The van der Waals surface area contributed by atoms with Crippen LogP contribution >= 0.6 is 0 Å². The van der Waals surface area contributed by atoms with Crippen LogP contribution in [0.2, 0.25) is 10.4 Å².